The van der Waals surface area contributed by atoms with Crippen molar-refractivity contribution in [2.75, 3.05) is 18.0 Å². The number of carbonyl (C=O) groups is 1. The number of amides is 2. The number of aryl methyl sites for hydroxylation is 2. The first-order valence-electron chi connectivity index (χ1n) is 8.24. The molecule has 0 unspecified atom stereocenters. The number of hydrogen-bond acceptors (Lipinski definition) is 5. The second-order valence-corrected chi connectivity index (χ2v) is 7.11. The van der Waals surface area contributed by atoms with E-state index in [-0.39, 0.29) is 12.1 Å². The Kier molecular flexibility index (Phi) is 5.30. The van der Waals surface area contributed by atoms with Crippen molar-refractivity contribution in [1.82, 2.24) is 20.6 Å². The van der Waals surface area contributed by atoms with Crippen LogP contribution in [0.25, 0.3) is 0 Å². The number of carbonyl (C=O) groups excluding carboxylic acids is 1. The Hall–Kier alpha value is -2.15. The molecule has 0 spiro atoms. The molecule has 1 fully saturated rings. The smallest absolute Gasteiger partial charge is 0.315 e. The van der Waals surface area contributed by atoms with E-state index in [9.17, 15) is 4.79 Å². The molecule has 24 heavy (non-hydrogen) atoms. The highest BCUT2D eigenvalue weighted by atomic mass is 32.1. The van der Waals surface area contributed by atoms with Crippen molar-refractivity contribution in [3.63, 3.8) is 0 Å². The predicted octanol–water partition coefficient (Wildman–Crippen LogP) is 2.62. The van der Waals surface area contributed by atoms with Crippen LogP contribution in [0.2, 0.25) is 0 Å². The van der Waals surface area contributed by atoms with Crippen LogP contribution in [0, 0.1) is 13.8 Å². The number of nitrogens with zero attached hydrogens (tertiary/aromatic N) is 3. The lowest BCUT2D eigenvalue weighted by Gasteiger charge is -2.33. The summed E-state index contributed by atoms with van der Waals surface area (Å²) in [7, 11) is 0. The fourth-order valence-electron chi connectivity index (χ4n) is 2.93. The number of urea groups is 1. The quantitative estimate of drug-likeness (QED) is 0.894. The summed E-state index contributed by atoms with van der Waals surface area (Å²) in [4.78, 5) is 24.3. The third-order valence-electron chi connectivity index (χ3n) is 4.11. The first-order valence-corrected chi connectivity index (χ1v) is 9.12. The minimum absolute atomic E-state index is 0.0874. The predicted molar refractivity (Wildman–Crippen MR) is 96.4 cm³/mol. The summed E-state index contributed by atoms with van der Waals surface area (Å²) >= 11 is 1.65. The summed E-state index contributed by atoms with van der Waals surface area (Å²) in [5.74, 6) is 1.79. The van der Waals surface area contributed by atoms with Gasteiger partial charge in [-0.3, -0.25) is 0 Å². The summed E-state index contributed by atoms with van der Waals surface area (Å²) in [6.45, 7) is 6.28. The van der Waals surface area contributed by atoms with E-state index in [4.69, 9.17) is 0 Å². The molecule has 1 aliphatic heterocycles. The zero-order valence-corrected chi connectivity index (χ0v) is 14.9. The van der Waals surface area contributed by atoms with Gasteiger partial charge >= 0.3 is 6.03 Å². The fourth-order valence-corrected chi connectivity index (χ4v) is 3.57. The molecule has 7 heteroatoms. The number of nitrogens with one attached hydrogen (secondary N) is 2. The van der Waals surface area contributed by atoms with E-state index in [1.807, 2.05) is 37.4 Å². The first-order chi connectivity index (χ1) is 11.6. The monoisotopic (exact) mass is 345 g/mol. The molecule has 6 nitrogen and oxygen atoms in total. The minimum Gasteiger partial charge on any atom is -0.356 e. The second-order valence-electron chi connectivity index (χ2n) is 6.08. The first kappa shape index (κ1) is 16.7. The Balaban J connectivity index is 1.45. The van der Waals surface area contributed by atoms with Gasteiger partial charge in [0, 0.05) is 35.8 Å². The molecule has 2 amide bonds. The lowest BCUT2D eigenvalue weighted by molar-refractivity contribution is 0.234. The van der Waals surface area contributed by atoms with Gasteiger partial charge in [-0.15, -0.1) is 11.3 Å². The topological polar surface area (TPSA) is 70.2 Å². The van der Waals surface area contributed by atoms with Crippen LogP contribution in [0.15, 0.2) is 23.6 Å². The number of anilines is 1. The van der Waals surface area contributed by atoms with Gasteiger partial charge in [0.1, 0.15) is 11.6 Å². The van der Waals surface area contributed by atoms with Crippen LogP contribution in [0.1, 0.15) is 29.2 Å². The minimum atomic E-state index is -0.0874. The van der Waals surface area contributed by atoms with Gasteiger partial charge in [-0.25, -0.2) is 14.8 Å². The highest BCUT2D eigenvalue weighted by Gasteiger charge is 2.21. The van der Waals surface area contributed by atoms with Crippen molar-refractivity contribution in [2.24, 2.45) is 0 Å². The Labute approximate surface area is 146 Å². The number of thiophene rings is 1. The van der Waals surface area contributed by atoms with E-state index in [0.717, 1.165) is 48.1 Å². The van der Waals surface area contributed by atoms with Crippen molar-refractivity contribution in [1.29, 1.82) is 0 Å². The zero-order chi connectivity index (χ0) is 16.9. The molecule has 3 rings (SSSR count). The Bertz CT molecular complexity index is 660. The largest absolute Gasteiger partial charge is 0.356 e. The van der Waals surface area contributed by atoms with Crippen LogP contribution in [-0.2, 0) is 6.54 Å². The molecular formula is C17H23N5OS. The lowest BCUT2D eigenvalue weighted by atomic mass is 10.1. The van der Waals surface area contributed by atoms with Crippen molar-refractivity contribution >= 4 is 23.2 Å². The van der Waals surface area contributed by atoms with Crippen LogP contribution in [-0.4, -0.2) is 35.1 Å². The molecule has 0 radical (unpaired) electrons. The van der Waals surface area contributed by atoms with Gasteiger partial charge in [0.2, 0.25) is 0 Å². The maximum Gasteiger partial charge on any atom is 0.315 e. The molecule has 1 aliphatic rings. The van der Waals surface area contributed by atoms with Crippen molar-refractivity contribution in [3.05, 3.63) is 40.0 Å². The molecule has 2 N–H and O–H groups in total. The average molecular weight is 345 g/mol. The van der Waals surface area contributed by atoms with Crippen LogP contribution in [0.3, 0.4) is 0 Å². The molecule has 0 atom stereocenters. The zero-order valence-electron chi connectivity index (χ0n) is 14.1. The van der Waals surface area contributed by atoms with Crippen molar-refractivity contribution in [3.8, 4) is 0 Å². The summed E-state index contributed by atoms with van der Waals surface area (Å²) < 4.78 is 0. The highest BCUT2D eigenvalue weighted by Crippen LogP contribution is 2.18. The van der Waals surface area contributed by atoms with Gasteiger partial charge in [0.25, 0.3) is 0 Å². The third-order valence-corrected chi connectivity index (χ3v) is 4.99. The molecule has 0 aromatic carbocycles. The number of aromatic nitrogens is 2. The van der Waals surface area contributed by atoms with Gasteiger partial charge in [0.15, 0.2) is 0 Å². The van der Waals surface area contributed by atoms with E-state index in [1.54, 1.807) is 11.3 Å². The van der Waals surface area contributed by atoms with Crippen LogP contribution in [0.5, 0.6) is 0 Å². The van der Waals surface area contributed by atoms with Gasteiger partial charge in [-0.2, -0.15) is 0 Å². The SMILES string of the molecule is Cc1cc(N2CCC(NC(=O)NCc3cccs3)CC2)nc(C)n1. The maximum absolute atomic E-state index is 12.0. The molecule has 1 saturated heterocycles. The maximum atomic E-state index is 12.0. The molecule has 0 saturated carbocycles. The van der Waals surface area contributed by atoms with Gasteiger partial charge in [0.05, 0.1) is 6.54 Å². The molecular weight excluding hydrogens is 322 g/mol. The van der Waals surface area contributed by atoms with Gasteiger partial charge in [-0.05, 0) is 38.1 Å². The molecule has 0 aliphatic carbocycles. The standard InChI is InChI=1S/C17H23N5OS/c1-12-10-16(20-13(2)19-12)22-7-5-14(6-8-22)21-17(23)18-11-15-4-3-9-24-15/h3-4,9-10,14H,5-8,11H2,1-2H3,(H2,18,21,23). The van der Waals surface area contributed by atoms with Crippen LogP contribution >= 0.6 is 11.3 Å². The Morgan fingerprint density at radius 3 is 2.79 bits per heavy atom. The van der Waals surface area contributed by atoms with Crippen LogP contribution in [0.4, 0.5) is 10.6 Å². The van der Waals surface area contributed by atoms with Gasteiger partial charge < -0.3 is 15.5 Å². The van der Waals surface area contributed by atoms with Crippen LogP contribution < -0.4 is 15.5 Å². The summed E-state index contributed by atoms with van der Waals surface area (Å²) in [6.07, 6.45) is 1.85. The second kappa shape index (κ2) is 7.61. The number of rotatable bonds is 4. The van der Waals surface area contributed by atoms with Gasteiger partial charge in [-0.1, -0.05) is 6.07 Å². The fraction of sp³-hybridized carbons (Fsp3) is 0.471. The highest BCUT2D eigenvalue weighted by molar-refractivity contribution is 7.09. The summed E-state index contributed by atoms with van der Waals surface area (Å²) in [5.41, 5.74) is 0.991. The van der Waals surface area contributed by atoms with E-state index < -0.39 is 0 Å². The van der Waals surface area contributed by atoms with E-state index in [2.05, 4.69) is 25.5 Å². The van der Waals surface area contributed by atoms with Crippen molar-refractivity contribution < 1.29 is 4.79 Å². The number of hydrogen-bond donors (Lipinski definition) is 2. The Morgan fingerprint density at radius 2 is 2.12 bits per heavy atom. The average Bonchev–Trinajstić information content (AvgIpc) is 3.06. The van der Waals surface area contributed by atoms with E-state index in [1.165, 1.54) is 0 Å². The lowest BCUT2D eigenvalue weighted by Crippen LogP contribution is -2.48. The summed E-state index contributed by atoms with van der Waals surface area (Å²) in [5, 5.41) is 8.00. The molecule has 3 heterocycles. The molecule has 2 aromatic rings. The molecule has 128 valence electrons. The van der Waals surface area contributed by atoms with E-state index >= 15 is 0 Å². The molecule has 0 bridgehead atoms. The van der Waals surface area contributed by atoms with E-state index in [0.29, 0.717) is 6.54 Å². The summed E-state index contributed by atoms with van der Waals surface area (Å²) in [6, 6.07) is 6.17. The van der Waals surface area contributed by atoms with Crippen molar-refractivity contribution in [2.45, 2.75) is 39.3 Å². The normalized spacial score (nSPS) is 15.3. The number of piperidine rings is 1. The third kappa shape index (κ3) is 4.44. The molecule has 2 aromatic heterocycles. The Morgan fingerprint density at radius 1 is 1.33 bits per heavy atom.